The van der Waals surface area contributed by atoms with Gasteiger partial charge in [-0.05, 0) is 24.5 Å². The van der Waals surface area contributed by atoms with Crippen LogP contribution < -0.4 is 10.1 Å². The Bertz CT molecular complexity index is 457. The predicted octanol–water partition coefficient (Wildman–Crippen LogP) is 2.12. The van der Waals surface area contributed by atoms with E-state index in [4.69, 9.17) is 4.74 Å². The lowest BCUT2D eigenvalue weighted by atomic mass is 9.89. The third-order valence-electron chi connectivity index (χ3n) is 2.95. The van der Waals surface area contributed by atoms with Crippen LogP contribution >= 0.6 is 0 Å². The topological polar surface area (TPSA) is 58.6 Å². The first-order valence-electron chi connectivity index (χ1n) is 6.58. The van der Waals surface area contributed by atoms with Gasteiger partial charge < -0.3 is 15.2 Å². The fourth-order valence-corrected chi connectivity index (χ4v) is 1.45. The summed E-state index contributed by atoms with van der Waals surface area (Å²) in [7, 11) is 0. The van der Waals surface area contributed by atoms with E-state index in [1.807, 2.05) is 20.8 Å². The van der Waals surface area contributed by atoms with E-state index >= 15 is 0 Å². The highest BCUT2D eigenvalue weighted by Gasteiger charge is 2.23. The molecule has 5 heteroatoms. The van der Waals surface area contributed by atoms with Gasteiger partial charge in [0, 0.05) is 12.6 Å². The van der Waals surface area contributed by atoms with E-state index in [0.717, 1.165) is 0 Å². The van der Waals surface area contributed by atoms with Gasteiger partial charge in [0.1, 0.15) is 11.6 Å². The van der Waals surface area contributed by atoms with Crippen molar-refractivity contribution in [2.45, 2.75) is 39.9 Å². The predicted molar refractivity (Wildman–Crippen MR) is 75.0 cm³/mol. The van der Waals surface area contributed by atoms with Crippen molar-refractivity contribution >= 4 is 5.91 Å². The van der Waals surface area contributed by atoms with E-state index in [9.17, 15) is 14.3 Å². The summed E-state index contributed by atoms with van der Waals surface area (Å²) in [4.78, 5) is 11.8. The zero-order valence-corrected chi connectivity index (χ0v) is 12.3. The number of carbonyl (C=O) groups is 1. The molecule has 1 rings (SSSR count). The van der Waals surface area contributed by atoms with E-state index in [-0.39, 0.29) is 17.9 Å². The van der Waals surface area contributed by atoms with Gasteiger partial charge in [-0.3, -0.25) is 4.79 Å². The number of hydrogen-bond acceptors (Lipinski definition) is 3. The lowest BCUT2D eigenvalue weighted by molar-refractivity contribution is -0.128. The number of aliphatic hydroxyl groups excluding tert-OH is 1. The molecule has 4 nitrogen and oxygen atoms in total. The van der Waals surface area contributed by atoms with Crippen molar-refractivity contribution in [3.05, 3.63) is 30.1 Å². The van der Waals surface area contributed by atoms with Gasteiger partial charge in [0.05, 0.1) is 6.10 Å². The second kappa shape index (κ2) is 6.70. The maximum Gasteiger partial charge on any atom is 0.260 e. The largest absolute Gasteiger partial charge is 0.481 e. The average molecular weight is 283 g/mol. The molecule has 0 aliphatic rings. The van der Waals surface area contributed by atoms with Crippen molar-refractivity contribution in [3.63, 3.8) is 0 Å². The zero-order chi connectivity index (χ0) is 15.3. The maximum absolute atomic E-state index is 13.0. The third-order valence-corrected chi connectivity index (χ3v) is 2.95. The molecule has 0 aliphatic carbocycles. The van der Waals surface area contributed by atoms with Gasteiger partial charge in [-0.25, -0.2) is 4.39 Å². The fraction of sp³-hybridized carbons (Fsp3) is 0.533. The molecular formula is C15H22FNO3. The quantitative estimate of drug-likeness (QED) is 0.870. The molecule has 0 aromatic heterocycles. The van der Waals surface area contributed by atoms with E-state index in [0.29, 0.717) is 5.75 Å². The van der Waals surface area contributed by atoms with Gasteiger partial charge in [-0.2, -0.15) is 0 Å². The molecule has 1 aromatic rings. The molecule has 0 fully saturated rings. The Labute approximate surface area is 119 Å². The molecule has 2 unspecified atom stereocenters. The molecule has 1 aromatic carbocycles. The van der Waals surface area contributed by atoms with Gasteiger partial charge in [-0.15, -0.1) is 0 Å². The Hall–Kier alpha value is -1.62. The molecule has 0 saturated heterocycles. The van der Waals surface area contributed by atoms with Crippen LogP contribution in [0.25, 0.3) is 0 Å². The molecule has 0 spiro atoms. The standard InChI is InChI=1S/C15H22FNO3/c1-10(20-12-7-5-6-11(16)8-12)14(19)17-9-13(18)15(2,3)4/h5-8,10,13,18H,9H2,1-4H3,(H,17,19). The Kier molecular flexibility index (Phi) is 5.51. The highest BCUT2D eigenvalue weighted by Crippen LogP contribution is 2.18. The van der Waals surface area contributed by atoms with Gasteiger partial charge in [-0.1, -0.05) is 26.8 Å². The van der Waals surface area contributed by atoms with Crippen LogP contribution in [0.3, 0.4) is 0 Å². The third kappa shape index (κ3) is 5.17. The van der Waals surface area contributed by atoms with Gasteiger partial charge in [0.2, 0.25) is 0 Å². The Morgan fingerprint density at radius 3 is 2.65 bits per heavy atom. The van der Waals surface area contributed by atoms with E-state index in [1.54, 1.807) is 13.0 Å². The van der Waals surface area contributed by atoms with Crippen LogP contribution in [0.2, 0.25) is 0 Å². The highest BCUT2D eigenvalue weighted by atomic mass is 19.1. The Balaban J connectivity index is 2.47. The highest BCUT2D eigenvalue weighted by molar-refractivity contribution is 5.80. The van der Waals surface area contributed by atoms with Crippen molar-refractivity contribution in [1.29, 1.82) is 0 Å². The van der Waals surface area contributed by atoms with Crippen LogP contribution in [0.5, 0.6) is 5.75 Å². The molecule has 0 heterocycles. The summed E-state index contributed by atoms with van der Waals surface area (Å²) in [5.41, 5.74) is -0.306. The number of nitrogens with one attached hydrogen (secondary N) is 1. The zero-order valence-electron chi connectivity index (χ0n) is 12.3. The van der Waals surface area contributed by atoms with Crippen LogP contribution in [0.4, 0.5) is 4.39 Å². The molecule has 2 N–H and O–H groups in total. The number of amides is 1. The van der Waals surface area contributed by atoms with Crippen molar-refractivity contribution in [2.75, 3.05) is 6.54 Å². The lowest BCUT2D eigenvalue weighted by Crippen LogP contribution is -2.43. The molecule has 0 saturated carbocycles. The fourth-order valence-electron chi connectivity index (χ4n) is 1.45. The number of aliphatic hydroxyl groups is 1. The summed E-state index contributed by atoms with van der Waals surface area (Å²) >= 11 is 0. The second-order valence-electron chi connectivity index (χ2n) is 5.84. The molecule has 0 radical (unpaired) electrons. The van der Waals surface area contributed by atoms with Crippen LogP contribution in [0.1, 0.15) is 27.7 Å². The molecule has 1 amide bonds. The minimum Gasteiger partial charge on any atom is -0.481 e. The van der Waals surface area contributed by atoms with Gasteiger partial charge in [0.15, 0.2) is 6.10 Å². The average Bonchev–Trinajstić information content (AvgIpc) is 2.34. The number of ether oxygens (including phenoxy) is 1. The molecule has 2 atom stereocenters. The van der Waals surface area contributed by atoms with Crippen LogP contribution in [0, 0.1) is 11.2 Å². The minimum absolute atomic E-state index is 0.152. The number of benzene rings is 1. The molecule has 0 aliphatic heterocycles. The summed E-state index contributed by atoms with van der Waals surface area (Å²) in [6.45, 7) is 7.38. The second-order valence-corrected chi connectivity index (χ2v) is 5.84. The van der Waals surface area contributed by atoms with Gasteiger partial charge in [0.25, 0.3) is 5.91 Å². The van der Waals surface area contributed by atoms with E-state index in [1.165, 1.54) is 18.2 Å². The van der Waals surface area contributed by atoms with Gasteiger partial charge >= 0.3 is 0 Å². The Morgan fingerprint density at radius 2 is 2.10 bits per heavy atom. The van der Waals surface area contributed by atoms with Crippen LogP contribution in [-0.2, 0) is 4.79 Å². The monoisotopic (exact) mass is 283 g/mol. The first kappa shape index (κ1) is 16.4. The first-order valence-corrected chi connectivity index (χ1v) is 6.58. The molecule has 20 heavy (non-hydrogen) atoms. The molecule has 0 bridgehead atoms. The van der Waals surface area contributed by atoms with E-state index < -0.39 is 18.0 Å². The van der Waals surface area contributed by atoms with Crippen molar-refractivity contribution in [2.24, 2.45) is 5.41 Å². The normalized spacial score (nSPS) is 14.5. The molecule has 112 valence electrons. The summed E-state index contributed by atoms with van der Waals surface area (Å²) in [5.74, 6) is -0.472. The van der Waals surface area contributed by atoms with Crippen molar-refractivity contribution < 1.29 is 19.0 Å². The minimum atomic E-state index is -0.760. The smallest absolute Gasteiger partial charge is 0.260 e. The number of carbonyl (C=O) groups excluding carboxylic acids is 1. The summed E-state index contributed by atoms with van der Waals surface area (Å²) in [5, 5.41) is 12.5. The summed E-state index contributed by atoms with van der Waals surface area (Å²) in [6.07, 6.45) is -1.41. The number of rotatable bonds is 5. The SMILES string of the molecule is CC(Oc1cccc(F)c1)C(=O)NCC(O)C(C)(C)C. The molecular weight excluding hydrogens is 261 g/mol. The van der Waals surface area contributed by atoms with E-state index in [2.05, 4.69) is 5.32 Å². The number of hydrogen-bond donors (Lipinski definition) is 2. The van der Waals surface area contributed by atoms with Crippen molar-refractivity contribution in [3.8, 4) is 5.75 Å². The van der Waals surface area contributed by atoms with Crippen molar-refractivity contribution in [1.82, 2.24) is 5.32 Å². The van der Waals surface area contributed by atoms with Crippen LogP contribution in [-0.4, -0.2) is 29.8 Å². The maximum atomic E-state index is 13.0. The Morgan fingerprint density at radius 1 is 1.45 bits per heavy atom. The lowest BCUT2D eigenvalue weighted by Gasteiger charge is -2.26. The van der Waals surface area contributed by atoms with Crippen LogP contribution in [0.15, 0.2) is 24.3 Å². The first-order chi connectivity index (χ1) is 9.20. The number of halogens is 1. The summed E-state index contributed by atoms with van der Waals surface area (Å²) in [6, 6.07) is 5.61. The summed E-state index contributed by atoms with van der Waals surface area (Å²) < 4.78 is 18.3.